The monoisotopic (exact) mass is 229 g/mol. The maximum absolute atomic E-state index is 8.47. The highest BCUT2D eigenvalue weighted by atomic mass is 16.7. The number of nitrogens with one attached hydrogen (secondary N) is 1. The molecule has 1 saturated carbocycles. The van der Waals surface area contributed by atoms with Crippen molar-refractivity contribution in [3.63, 3.8) is 0 Å². The van der Waals surface area contributed by atoms with E-state index in [1.807, 2.05) is 0 Å². The first-order chi connectivity index (χ1) is 7.74. The summed E-state index contributed by atoms with van der Waals surface area (Å²) in [7, 11) is 0. The Morgan fingerprint density at radius 1 is 1.44 bits per heavy atom. The number of nitrogens with zero attached hydrogens (tertiary/aromatic N) is 1. The summed E-state index contributed by atoms with van der Waals surface area (Å²) in [5, 5.41) is 8.47. The highest BCUT2D eigenvalue weighted by Gasteiger charge is 2.41. The van der Waals surface area contributed by atoms with Crippen molar-refractivity contribution in [2.45, 2.75) is 44.0 Å². The molecule has 1 aliphatic heterocycles. The van der Waals surface area contributed by atoms with E-state index in [0.29, 0.717) is 13.2 Å². The molecule has 6 nitrogen and oxygen atoms in total. The molecule has 1 aliphatic carbocycles. The van der Waals surface area contributed by atoms with Crippen molar-refractivity contribution in [3.05, 3.63) is 0 Å². The van der Waals surface area contributed by atoms with Crippen LogP contribution in [0.2, 0.25) is 0 Å². The first kappa shape index (κ1) is 11.6. The lowest BCUT2D eigenvalue weighted by atomic mass is 9.94. The predicted molar refractivity (Wildman–Crippen MR) is 58.1 cm³/mol. The van der Waals surface area contributed by atoms with Gasteiger partial charge in [-0.1, -0.05) is 6.42 Å². The first-order valence-electron chi connectivity index (χ1n) is 5.76. The second kappa shape index (κ2) is 4.99. The Bertz CT molecular complexity index is 264. The fourth-order valence-corrected chi connectivity index (χ4v) is 2.29. The Hall–Kier alpha value is -0.850. The maximum Gasteiger partial charge on any atom is 0.212 e. The van der Waals surface area contributed by atoms with Gasteiger partial charge in [0.1, 0.15) is 6.10 Å². The van der Waals surface area contributed by atoms with Crippen LogP contribution in [0, 0.1) is 0 Å². The van der Waals surface area contributed by atoms with Gasteiger partial charge in [-0.15, -0.1) is 0 Å². The lowest BCUT2D eigenvalue weighted by molar-refractivity contribution is -0.186. The lowest BCUT2D eigenvalue weighted by Gasteiger charge is -2.31. The van der Waals surface area contributed by atoms with Crippen LogP contribution in [0.5, 0.6) is 0 Å². The fraction of sp³-hybridized carbons (Fsp3) is 0.900. The number of hydrogen-bond acceptors (Lipinski definition) is 4. The Morgan fingerprint density at radius 3 is 2.88 bits per heavy atom. The molecule has 0 radical (unpaired) electrons. The molecule has 0 bridgehead atoms. The minimum Gasteiger partial charge on any atom is -0.368 e. The molecular formula is C10H19N3O3. The molecule has 6 heteroatoms. The number of aliphatic imine (C=N–C) groups is 1. The molecule has 1 spiro atoms. The standard InChI is InChI=1S/C10H19N3O3/c11-9(13-14)12-6-8-7-15-10(16-8)4-2-1-3-5-10/h8,14H,1-7H2,(H3,11,12,13). The molecule has 1 unspecified atom stereocenters. The third-order valence-electron chi connectivity index (χ3n) is 3.11. The third-order valence-corrected chi connectivity index (χ3v) is 3.11. The van der Waals surface area contributed by atoms with Crippen LogP contribution in [-0.4, -0.2) is 36.2 Å². The fourth-order valence-electron chi connectivity index (χ4n) is 2.29. The molecule has 2 rings (SSSR count). The van der Waals surface area contributed by atoms with Crippen molar-refractivity contribution >= 4 is 5.96 Å². The van der Waals surface area contributed by atoms with Crippen molar-refractivity contribution in [1.29, 1.82) is 0 Å². The van der Waals surface area contributed by atoms with Gasteiger partial charge in [0, 0.05) is 12.8 Å². The maximum atomic E-state index is 8.47. The van der Waals surface area contributed by atoms with Gasteiger partial charge in [-0.3, -0.25) is 5.21 Å². The largest absolute Gasteiger partial charge is 0.368 e. The molecule has 1 heterocycles. The molecule has 0 aromatic heterocycles. The van der Waals surface area contributed by atoms with E-state index in [9.17, 15) is 0 Å². The van der Waals surface area contributed by atoms with Crippen LogP contribution in [0.15, 0.2) is 4.99 Å². The Balaban J connectivity index is 1.83. The second-order valence-corrected chi connectivity index (χ2v) is 4.36. The highest BCUT2D eigenvalue weighted by molar-refractivity contribution is 5.76. The summed E-state index contributed by atoms with van der Waals surface area (Å²) in [5.41, 5.74) is 7.10. The summed E-state index contributed by atoms with van der Waals surface area (Å²) in [6.07, 6.45) is 5.48. The summed E-state index contributed by atoms with van der Waals surface area (Å²) in [6, 6.07) is 0. The molecular weight excluding hydrogens is 210 g/mol. The zero-order chi connectivity index (χ0) is 11.4. The zero-order valence-corrected chi connectivity index (χ0v) is 9.32. The summed E-state index contributed by atoms with van der Waals surface area (Å²) in [4.78, 5) is 3.93. The minimum absolute atomic E-state index is 0.00759. The van der Waals surface area contributed by atoms with Gasteiger partial charge >= 0.3 is 0 Å². The predicted octanol–water partition coefficient (Wildman–Crippen LogP) is 0.356. The molecule has 0 aromatic rings. The zero-order valence-electron chi connectivity index (χ0n) is 9.32. The Morgan fingerprint density at radius 2 is 2.19 bits per heavy atom. The minimum atomic E-state index is -0.361. The van der Waals surface area contributed by atoms with E-state index < -0.39 is 0 Å². The summed E-state index contributed by atoms with van der Waals surface area (Å²) in [5.74, 6) is -0.354. The molecule has 1 saturated heterocycles. The molecule has 1 atom stereocenters. The number of hydrogen-bond donors (Lipinski definition) is 3. The Labute approximate surface area is 94.8 Å². The van der Waals surface area contributed by atoms with E-state index >= 15 is 0 Å². The van der Waals surface area contributed by atoms with Crippen molar-refractivity contribution < 1.29 is 14.7 Å². The van der Waals surface area contributed by atoms with Crippen molar-refractivity contribution in [2.24, 2.45) is 10.7 Å². The molecule has 92 valence electrons. The average Bonchev–Trinajstić information content (AvgIpc) is 2.70. The number of rotatable bonds is 2. The molecule has 2 aliphatic rings. The van der Waals surface area contributed by atoms with Gasteiger partial charge in [0.2, 0.25) is 5.96 Å². The van der Waals surface area contributed by atoms with Crippen LogP contribution in [0.3, 0.4) is 0 Å². The smallest absolute Gasteiger partial charge is 0.212 e. The van der Waals surface area contributed by atoms with Crippen molar-refractivity contribution in [3.8, 4) is 0 Å². The van der Waals surface area contributed by atoms with Crippen LogP contribution in [-0.2, 0) is 9.47 Å². The number of nitrogens with two attached hydrogens (primary N) is 1. The molecule has 0 aromatic carbocycles. The number of hydroxylamine groups is 1. The van der Waals surface area contributed by atoms with Gasteiger partial charge in [0.15, 0.2) is 5.79 Å². The Kier molecular flexibility index (Phi) is 3.63. The third kappa shape index (κ3) is 2.63. The van der Waals surface area contributed by atoms with Crippen molar-refractivity contribution in [1.82, 2.24) is 5.48 Å². The van der Waals surface area contributed by atoms with Crippen LogP contribution in [0.1, 0.15) is 32.1 Å². The lowest BCUT2D eigenvalue weighted by Crippen LogP contribution is -2.34. The van der Waals surface area contributed by atoms with Gasteiger partial charge in [-0.25, -0.2) is 10.5 Å². The molecule has 2 fully saturated rings. The highest BCUT2D eigenvalue weighted by Crippen LogP contribution is 2.37. The van der Waals surface area contributed by atoms with E-state index in [1.54, 1.807) is 5.48 Å². The normalized spacial score (nSPS) is 29.6. The van der Waals surface area contributed by atoms with Crippen LogP contribution in [0.4, 0.5) is 0 Å². The molecule has 4 N–H and O–H groups in total. The second-order valence-electron chi connectivity index (χ2n) is 4.36. The van der Waals surface area contributed by atoms with Crippen LogP contribution in [0.25, 0.3) is 0 Å². The van der Waals surface area contributed by atoms with Gasteiger partial charge in [-0.2, -0.15) is 0 Å². The van der Waals surface area contributed by atoms with Crippen LogP contribution < -0.4 is 11.2 Å². The summed E-state index contributed by atoms with van der Waals surface area (Å²) >= 11 is 0. The van der Waals surface area contributed by atoms with Gasteiger partial charge in [-0.05, 0) is 12.8 Å². The van der Waals surface area contributed by atoms with E-state index in [0.717, 1.165) is 25.7 Å². The van der Waals surface area contributed by atoms with Crippen molar-refractivity contribution in [2.75, 3.05) is 13.2 Å². The van der Waals surface area contributed by atoms with E-state index in [-0.39, 0.29) is 17.9 Å². The molecule has 16 heavy (non-hydrogen) atoms. The number of guanidine groups is 1. The van der Waals surface area contributed by atoms with Gasteiger partial charge in [0.05, 0.1) is 13.2 Å². The average molecular weight is 229 g/mol. The molecule has 0 amide bonds. The van der Waals surface area contributed by atoms with Crippen LogP contribution >= 0.6 is 0 Å². The van der Waals surface area contributed by atoms with Gasteiger partial charge < -0.3 is 15.2 Å². The topological polar surface area (TPSA) is 89.1 Å². The first-order valence-corrected chi connectivity index (χ1v) is 5.76. The SMILES string of the molecule is NC(=NCC1COC2(CCCCC2)O1)NO. The summed E-state index contributed by atoms with van der Waals surface area (Å²) in [6.45, 7) is 0.976. The van der Waals surface area contributed by atoms with E-state index in [2.05, 4.69) is 4.99 Å². The van der Waals surface area contributed by atoms with E-state index in [4.69, 9.17) is 20.4 Å². The summed E-state index contributed by atoms with van der Waals surface area (Å²) < 4.78 is 11.6. The number of ether oxygens (including phenoxy) is 2. The quantitative estimate of drug-likeness (QED) is 0.361. The van der Waals surface area contributed by atoms with E-state index in [1.165, 1.54) is 6.42 Å². The van der Waals surface area contributed by atoms with Gasteiger partial charge in [0.25, 0.3) is 0 Å².